The molecule has 1 fully saturated rings. The lowest BCUT2D eigenvalue weighted by atomic mass is 10.00. The van der Waals surface area contributed by atoms with Crippen molar-refractivity contribution in [1.82, 2.24) is 5.32 Å². The first kappa shape index (κ1) is 10.1. The van der Waals surface area contributed by atoms with E-state index in [4.69, 9.17) is 9.47 Å². The van der Waals surface area contributed by atoms with Crippen LogP contribution in [-0.2, 0) is 0 Å². The van der Waals surface area contributed by atoms with E-state index < -0.39 is 0 Å². The zero-order valence-corrected chi connectivity index (χ0v) is 8.91. The maximum Gasteiger partial charge on any atom is 0.161 e. The summed E-state index contributed by atoms with van der Waals surface area (Å²) in [4.78, 5) is 0. The summed E-state index contributed by atoms with van der Waals surface area (Å²) < 4.78 is 10.7. The summed E-state index contributed by atoms with van der Waals surface area (Å²) >= 11 is 0. The van der Waals surface area contributed by atoms with Gasteiger partial charge in [0.05, 0.1) is 7.11 Å². The Morgan fingerprint density at radius 1 is 1.40 bits per heavy atom. The minimum absolute atomic E-state index is 0.103. The molecule has 1 aliphatic heterocycles. The third-order valence-electron chi connectivity index (χ3n) is 2.51. The molecule has 1 aromatic carbocycles. The van der Waals surface area contributed by atoms with Crippen molar-refractivity contribution in [2.24, 2.45) is 0 Å². The molecule has 0 bridgehead atoms. The van der Waals surface area contributed by atoms with Crippen molar-refractivity contribution in [3.63, 3.8) is 0 Å². The summed E-state index contributed by atoms with van der Waals surface area (Å²) in [6.45, 7) is 3.70. The summed E-state index contributed by atoms with van der Waals surface area (Å²) in [7, 11) is 1.52. The molecule has 0 radical (unpaired) electrons. The number of benzene rings is 1. The lowest BCUT2D eigenvalue weighted by Crippen LogP contribution is -2.60. The summed E-state index contributed by atoms with van der Waals surface area (Å²) in [5.74, 6) is 1.22. The van der Waals surface area contributed by atoms with Gasteiger partial charge in [0.15, 0.2) is 11.5 Å². The van der Waals surface area contributed by atoms with Gasteiger partial charge in [-0.25, -0.2) is 0 Å². The van der Waals surface area contributed by atoms with Gasteiger partial charge in [-0.05, 0) is 19.1 Å². The molecule has 82 valence electrons. The van der Waals surface area contributed by atoms with Crippen LogP contribution in [-0.4, -0.2) is 30.9 Å². The molecular weight excluding hydrogens is 194 g/mol. The summed E-state index contributed by atoms with van der Waals surface area (Å²) in [5.41, 5.74) is -0.152. The lowest BCUT2D eigenvalue weighted by Gasteiger charge is -2.39. The van der Waals surface area contributed by atoms with E-state index in [0.717, 1.165) is 13.1 Å². The molecule has 0 saturated carbocycles. The van der Waals surface area contributed by atoms with Crippen LogP contribution in [0.1, 0.15) is 6.92 Å². The Balaban J connectivity index is 2.12. The minimum atomic E-state index is -0.152. The molecule has 0 spiro atoms. The van der Waals surface area contributed by atoms with Crippen molar-refractivity contribution in [3.8, 4) is 17.2 Å². The Bertz CT molecular complexity index is 361. The zero-order valence-electron chi connectivity index (χ0n) is 8.91. The molecule has 1 aromatic rings. The van der Waals surface area contributed by atoms with Crippen molar-refractivity contribution in [1.29, 1.82) is 0 Å². The molecule has 0 aliphatic carbocycles. The van der Waals surface area contributed by atoms with E-state index in [2.05, 4.69) is 5.32 Å². The predicted octanol–water partition coefficient (Wildman–Crippen LogP) is 1.14. The third kappa shape index (κ3) is 1.99. The number of hydrogen-bond donors (Lipinski definition) is 2. The fourth-order valence-electron chi connectivity index (χ4n) is 1.57. The van der Waals surface area contributed by atoms with Crippen LogP contribution in [0, 0.1) is 0 Å². The number of methoxy groups -OCH3 is 1. The Hall–Kier alpha value is -1.42. The first-order chi connectivity index (χ1) is 7.13. The fraction of sp³-hybridized carbons (Fsp3) is 0.455. The molecule has 4 heteroatoms. The molecule has 1 heterocycles. The molecule has 0 unspecified atom stereocenters. The lowest BCUT2D eigenvalue weighted by molar-refractivity contribution is 0.0346. The average molecular weight is 209 g/mol. The number of phenolic OH excluding ortho intramolecular Hbond substituents is 1. The molecule has 1 aliphatic rings. The van der Waals surface area contributed by atoms with Gasteiger partial charge < -0.3 is 19.9 Å². The predicted molar refractivity (Wildman–Crippen MR) is 56.6 cm³/mol. The summed E-state index contributed by atoms with van der Waals surface area (Å²) in [6, 6.07) is 5.06. The van der Waals surface area contributed by atoms with Gasteiger partial charge in [0, 0.05) is 19.2 Å². The highest BCUT2D eigenvalue weighted by Gasteiger charge is 2.33. The van der Waals surface area contributed by atoms with E-state index >= 15 is 0 Å². The van der Waals surface area contributed by atoms with Crippen LogP contribution in [0.2, 0.25) is 0 Å². The Morgan fingerprint density at radius 3 is 2.60 bits per heavy atom. The monoisotopic (exact) mass is 209 g/mol. The van der Waals surface area contributed by atoms with Crippen LogP contribution < -0.4 is 14.8 Å². The molecule has 2 rings (SSSR count). The Kier molecular flexibility index (Phi) is 2.44. The Morgan fingerprint density at radius 2 is 2.13 bits per heavy atom. The van der Waals surface area contributed by atoms with Crippen LogP contribution in [0.5, 0.6) is 17.2 Å². The number of hydrogen-bond acceptors (Lipinski definition) is 4. The molecule has 0 atom stereocenters. The van der Waals surface area contributed by atoms with Gasteiger partial charge in [-0.1, -0.05) is 0 Å². The van der Waals surface area contributed by atoms with E-state index in [1.165, 1.54) is 7.11 Å². The van der Waals surface area contributed by atoms with E-state index in [0.29, 0.717) is 11.5 Å². The summed E-state index contributed by atoms with van der Waals surface area (Å²) in [6.07, 6.45) is 0. The molecule has 1 saturated heterocycles. The summed E-state index contributed by atoms with van der Waals surface area (Å²) in [5, 5.41) is 12.7. The topological polar surface area (TPSA) is 50.7 Å². The number of rotatable bonds is 3. The van der Waals surface area contributed by atoms with Gasteiger partial charge in [-0.15, -0.1) is 0 Å². The van der Waals surface area contributed by atoms with Gasteiger partial charge in [-0.2, -0.15) is 0 Å². The number of aromatic hydroxyl groups is 1. The second-order valence-electron chi connectivity index (χ2n) is 3.99. The second-order valence-corrected chi connectivity index (χ2v) is 3.99. The van der Waals surface area contributed by atoms with Crippen molar-refractivity contribution >= 4 is 0 Å². The highest BCUT2D eigenvalue weighted by atomic mass is 16.5. The highest BCUT2D eigenvalue weighted by Crippen LogP contribution is 2.31. The Labute approximate surface area is 88.8 Å². The van der Waals surface area contributed by atoms with E-state index in [9.17, 15) is 5.11 Å². The number of ether oxygens (including phenoxy) is 2. The van der Waals surface area contributed by atoms with Crippen molar-refractivity contribution in [3.05, 3.63) is 18.2 Å². The maximum absolute atomic E-state index is 9.56. The van der Waals surface area contributed by atoms with Crippen LogP contribution in [0.3, 0.4) is 0 Å². The second kappa shape index (κ2) is 3.62. The van der Waals surface area contributed by atoms with Gasteiger partial charge >= 0.3 is 0 Å². The smallest absolute Gasteiger partial charge is 0.161 e. The van der Waals surface area contributed by atoms with Crippen LogP contribution >= 0.6 is 0 Å². The van der Waals surface area contributed by atoms with Gasteiger partial charge in [0.25, 0.3) is 0 Å². The van der Waals surface area contributed by atoms with E-state index in [1.807, 2.05) is 6.92 Å². The van der Waals surface area contributed by atoms with Gasteiger partial charge in [-0.3, -0.25) is 0 Å². The first-order valence-electron chi connectivity index (χ1n) is 4.90. The average Bonchev–Trinajstić information content (AvgIpc) is 2.16. The van der Waals surface area contributed by atoms with Crippen LogP contribution in [0.15, 0.2) is 18.2 Å². The van der Waals surface area contributed by atoms with Crippen molar-refractivity contribution in [2.75, 3.05) is 20.2 Å². The highest BCUT2D eigenvalue weighted by molar-refractivity contribution is 5.44. The zero-order chi connectivity index (χ0) is 10.9. The molecule has 2 N–H and O–H groups in total. The quantitative estimate of drug-likeness (QED) is 0.783. The first-order valence-corrected chi connectivity index (χ1v) is 4.90. The normalized spacial score (nSPS) is 18.0. The molecule has 4 nitrogen and oxygen atoms in total. The maximum atomic E-state index is 9.56. The SMILES string of the molecule is COc1ccc(OC2(C)CNC2)cc1O. The van der Waals surface area contributed by atoms with Crippen LogP contribution in [0.4, 0.5) is 0 Å². The van der Waals surface area contributed by atoms with E-state index in [-0.39, 0.29) is 11.4 Å². The van der Waals surface area contributed by atoms with Gasteiger partial charge in [0.2, 0.25) is 0 Å². The number of phenols is 1. The molecule has 0 aromatic heterocycles. The number of nitrogens with one attached hydrogen (secondary N) is 1. The largest absolute Gasteiger partial charge is 0.504 e. The molecule has 0 amide bonds. The van der Waals surface area contributed by atoms with Crippen molar-refractivity contribution in [2.45, 2.75) is 12.5 Å². The minimum Gasteiger partial charge on any atom is -0.504 e. The molecular formula is C11H15NO3. The third-order valence-corrected chi connectivity index (χ3v) is 2.51. The standard InChI is InChI=1S/C11H15NO3/c1-11(6-12-7-11)15-8-3-4-10(14-2)9(13)5-8/h3-5,12-13H,6-7H2,1-2H3. The van der Waals surface area contributed by atoms with Gasteiger partial charge in [0.1, 0.15) is 11.4 Å². The molecule has 15 heavy (non-hydrogen) atoms. The van der Waals surface area contributed by atoms with Crippen molar-refractivity contribution < 1.29 is 14.6 Å². The fourth-order valence-corrected chi connectivity index (χ4v) is 1.57. The van der Waals surface area contributed by atoms with Crippen LogP contribution in [0.25, 0.3) is 0 Å². The van der Waals surface area contributed by atoms with E-state index in [1.54, 1.807) is 18.2 Å².